The van der Waals surface area contributed by atoms with E-state index in [9.17, 15) is 18.3 Å². The molecule has 0 amide bonds. The van der Waals surface area contributed by atoms with Gasteiger partial charge in [0.2, 0.25) is 5.13 Å². The summed E-state index contributed by atoms with van der Waals surface area (Å²) in [4.78, 5) is 8.49. The van der Waals surface area contributed by atoms with Crippen LogP contribution in [-0.4, -0.2) is 39.8 Å². The molecule has 2 atom stereocenters. The number of hydrogen-bond donors (Lipinski definition) is 1. The van der Waals surface area contributed by atoms with Crippen LogP contribution < -0.4 is 9.75 Å². The number of pyridine rings is 1. The van der Waals surface area contributed by atoms with Crippen LogP contribution in [0.3, 0.4) is 0 Å². The van der Waals surface area contributed by atoms with Crippen molar-refractivity contribution in [2.75, 3.05) is 12.1 Å². The SMILES string of the molecule is COc1ccc2c(c1)CCC1C2=NN(c2nc(-c3ccccn3)cs2)C1(O)C(F)(F)F. The van der Waals surface area contributed by atoms with Crippen molar-refractivity contribution in [2.24, 2.45) is 11.0 Å². The van der Waals surface area contributed by atoms with Crippen molar-refractivity contribution < 1.29 is 23.0 Å². The Labute approximate surface area is 179 Å². The zero-order valence-corrected chi connectivity index (χ0v) is 17.1. The maximum absolute atomic E-state index is 14.3. The molecule has 31 heavy (non-hydrogen) atoms. The van der Waals surface area contributed by atoms with E-state index in [0.717, 1.165) is 16.9 Å². The third kappa shape index (κ3) is 3.01. The number of halogens is 3. The Morgan fingerprint density at radius 1 is 1.23 bits per heavy atom. The van der Waals surface area contributed by atoms with E-state index in [1.54, 1.807) is 48.0 Å². The van der Waals surface area contributed by atoms with E-state index in [-0.39, 0.29) is 17.3 Å². The van der Waals surface area contributed by atoms with Crippen molar-refractivity contribution in [1.82, 2.24) is 9.97 Å². The number of nitrogens with zero attached hydrogens (tertiary/aromatic N) is 4. The summed E-state index contributed by atoms with van der Waals surface area (Å²) in [7, 11) is 1.53. The van der Waals surface area contributed by atoms with Gasteiger partial charge in [0.1, 0.15) is 11.4 Å². The van der Waals surface area contributed by atoms with E-state index < -0.39 is 17.8 Å². The van der Waals surface area contributed by atoms with Gasteiger partial charge in [0.25, 0.3) is 5.72 Å². The molecular weight excluding hydrogens is 429 g/mol. The molecule has 6 nitrogen and oxygen atoms in total. The minimum absolute atomic E-state index is 0.0440. The van der Waals surface area contributed by atoms with Gasteiger partial charge in [-0.3, -0.25) is 4.98 Å². The standard InChI is InChI=1S/C21H17F3N4O2S/c1-30-13-6-7-14-12(10-13)5-8-15-18(14)27-28(20(15,29)21(22,23)24)19-26-17(11-31-19)16-4-2-3-9-25-16/h2-4,6-7,9-11,15,29H,5,8H2,1H3. The Morgan fingerprint density at radius 3 is 2.77 bits per heavy atom. The molecule has 10 heteroatoms. The third-order valence-corrected chi connectivity index (χ3v) is 6.47. The lowest BCUT2D eigenvalue weighted by atomic mass is 9.77. The number of methoxy groups -OCH3 is 1. The molecule has 0 spiro atoms. The van der Waals surface area contributed by atoms with Gasteiger partial charge in [0, 0.05) is 17.1 Å². The molecule has 5 rings (SSSR count). The van der Waals surface area contributed by atoms with Gasteiger partial charge in [0.15, 0.2) is 0 Å². The molecule has 3 aromatic rings. The Hall–Kier alpha value is -2.98. The number of thiazole rings is 1. The summed E-state index contributed by atoms with van der Waals surface area (Å²) in [5, 5.41) is 17.5. The van der Waals surface area contributed by atoms with Crippen molar-refractivity contribution in [3.63, 3.8) is 0 Å². The molecule has 0 saturated carbocycles. The van der Waals surface area contributed by atoms with E-state index >= 15 is 0 Å². The monoisotopic (exact) mass is 446 g/mol. The maximum Gasteiger partial charge on any atom is 0.439 e. The van der Waals surface area contributed by atoms with Crippen LogP contribution in [0.15, 0.2) is 53.1 Å². The number of ether oxygens (including phenoxy) is 1. The second kappa shape index (κ2) is 7.03. The van der Waals surface area contributed by atoms with Gasteiger partial charge in [-0.25, -0.2) is 4.98 Å². The van der Waals surface area contributed by atoms with Crippen LogP contribution in [0.25, 0.3) is 11.4 Å². The van der Waals surface area contributed by atoms with Gasteiger partial charge < -0.3 is 9.84 Å². The lowest BCUT2D eigenvalue weighted by molar-refractivity contribution is -0.268. The summed E-state index contributed by atoms with van der Waals surface area (Å²) in [6, 6.07) is 10.4. The molecular formula is C21H17F3N4O2S. The summed E-state index contributed by atoms with van der Waals surface area (Å²) >= 11 is 0.981. The van der Waals surface area contributed by atoms with Crippen molar-refractivity contribution in [3.8, 4) is 17.1 Å². The largest absolute Gasteiger partial charge is 0.497 e. The molecule has 0 bridgehead atoms. The van der Waals surface area contributed by atoms with Crippen molar-refractivity contribution in [2.45, 2.75) is 24.7 Å². The number of hydrazone groups is 1. The first-order valence-electron chi connectivity index (χ1n) is 9.55. The lowest BCUT2D eigenvalue weighted by Crippen LogP contribution is -2.60. The van der Waals surface area contributed by atoms with Crippen molar-refractivity contribution in [3.05, 3.63) is 59.1 Å². The predicted molar refractivity (Wildman–Crippen MR) is 110 cm³/mol. The van der Waals surface area contributed by atoms with Crippen LogP contribution in [0, 0.1) is 5.92 Å². The van der Waals surface area contributed by atoms with E-state index in [2.05, 4.69) is 15.1 Å². The van der Waals surface area contributed by atoms with Crippen LogP contribution in [0.5, 0.6) is 5.75 Å². The number of aliphatic hydroxyl groups is 1. The highest BCUT2D eigenvalue weighted by Gasteiger charge is 2.68. The van der Waals surface area contributed by atoms with Crippen molar-refractivity contribution in [1.29, 1.82) is 0 Å². The number of aryl methyl sites for hydroxylation is 1. The quantitative estimate of drug-likeness (QED) is 0.651. The van der Waals surface area contributed by atoms with Gasteiger partial charge in [-0.1, -0.05) is 6.07 Å². The summed E-state index contributed by atoms with van der Waals surface area (Å²) in [5.74, 6) is -0.603. The van der Waals surface area contributed by atoms with Gasteiger partial charge in [-0.15, -0.1) is 11.3 Å². The molecule has 2 aliphatic rings. The van der Waals surface area contributed by atoms with Gasteiger partial charge >= 0.3 is 6.18 Å². The Morgan fingerprint density at radius 2 is 2.06 bits per heavy atom. The van der Waals surface area contributed by atoms with Crippen LogP contribution >= 0.6 is 11.3 Å². The highest BCUT2D eigenvalue weighted by atomic mass is 32.1. The van der Waals surface area contributed by atoms with Gasteiger partial charge in [-0.05, 0) is 48.7 Å². The highest BCUT2D eigenvalue weighted by molar-refractivity contribution is 7.14. The minimum Gasteiger partial charge on any atom is -0.497 e. The second-order valence-electron chi connectivity index (χ2n) is 7.37. The van der Waals surface area contributed by atoms with Gasteiger partial charge in [-0.2, -0.15) is 23.3 Å². The molecule has 2 unspecified atom stereocenters. The van der Waals surface area contributed by atoms with Crippen molar-refractivity contribution >= 4 is 22.2 Å². The number of benzene rings is 1. The van der Waals surface area contributed by atoms with E-state index in [1.807, 2.05) is 0 Å². The summed E-state index contributed by atoms with van der Waals surface area (Å²) in [6.45, 7) is 0. The lowest BCUT2D eigenvalue weighted by Gasteiger charge is -2.38. The summed E-state index contributed by atoms with van der Waals surface area (Å²) in [6.07, 6.45) is -2.89. The molecule has 0 fully saturated rings. The fourth-order valence-electron chi connectivity index (χ4n) is 4.12. The maximum atomic E-state index is 14.3. The molecule has 1 aliphatic heterocycles. The topological polar surface area (TPSA) is 70.8 Å². The molecule has 1 aliphatic carbocycles. The molecule has 160 valence electrons. The van der Waals surface area contributed by atoms with E-state index in [0.29, 0.717) is 34.1 Å². The third-order valence-electron chi connectivity index (χ3n) is 5.66. The predicted octanol–water partition coefficient (Wildman–Crippen LogP) is 4.25. The number of alkyl halides is 3. The molecule has 1 N–H and O–H groups in total. The highest BCUT2D eigenvalue weighted by Crippen LogP contribution is 2.51. The van der Waals surface area contributed by atoms with Crippen LogP contribution in [0.1, 0.15) is 17.5 Å². The summed E-state index contributed by atoms with van der Waals surface area (Å²) < 4.78 is 48.0. The van der Waals surface area contributed by atoms with Crippen LogP contribution in [0.4, 0.5) is 18.3 Å². The molecule has 2 aromatic heterocycles. The molecule has 3 heterocycles. The molecule has 1 aromatic carbocycles. The van der Waals surface area contributed by atoms with E-state index in [1.165, 1.54) is 7.11 Å². The van der Waals surface area contributed by atoms with Crippen LogP contribution in [-0.2, 0) is 6.42 Å². The Balaban J connectivity index is 1.62. The minimum atomic E-state index is -4.94. The molecule has 0 saturated heterocycles. The fourth-order valence-corrected chi connectivity index (χ4v) is 4.95. The Bertz CT molecular complexity index is 1160. The van der Waals surface area contributed by atoms with E-state index in [4.69, 9.17) is 4.74 Å². The second-order valence-corrected chi connectivity index (χ2v) is 8.20. The van der Waals surface area contributed by atoms with Crippen LogP contribution in [0.2, 0.25) is 0 Å². The number of aromatic nitrogens is 2. The number of hydrogen-bond acceptors (Lipinski definition) is 7. The Kier molecular flexibility index (Phi) is 4.52. The average Bonchev–Trinajstić information content (AvgIpc) is 3.37. The number of anilines is 1. The summed E-state index contributed by atoms with van der Waals surface area (Å²) in [5.41, 5.74) is -0.595. The first-order valence-corrected chi connectivity index (χ1v) is 10.4. The number of rotatable bonds is 3. The zero-order chi connectivity index (χ0) is 21.8. The normalized spacial score (nSPS) is 22.7. The first-order chi connectivity index (χ1) is 14.8. The first kappa shape index (κ1) is 20.0. The molecule has 0 radical (unpaired) electrons. The zero-order valence-electron chi connectivity index (χ0n) is 16.3. The van der Waals surface area contributed by atoms with Gasteiger partial charge in [0.05, 0.1) is 24.4 Å². The fraction of sp³-hybridized carbons (Fsp3) is 0.286. The average molecular weight is 446 g/mol. The smallest absolute Gasteiger partial charge is 0.439 e. The number of fused-ring (bicyclic) bond motifs is 3.